The number of hydrogen-bond acceptors (Lipinski definition) is 4. The van der Waals surface area contributed by atoms with Crippen LogP contribution in [0.15, 0.2) is 34.1 Å². The zero-order valence-electron chi connectivity index (χ0n) is 9.90. The van der Waals surface area contributed by atoms with E-state index in [1.54, 1.807) is 31.4 Å². The number of hydrogen-bond donors (Lipinski definition) is 0. The van der Waals surface area contributed by atoms with Gasteiger partial charge in [-0.2, -0.15) is 0 Å². The molecule has 0 atom stereocenters. The molecule has 0 aliphatic heterocycles. The lowest BCUT2D eigenvalue weighted by Crippen LogP contribution is -2.02. The predicted molar refractivity (Wildman–Crippen MR) is 75.0 cm³/mol. The molecule has 18 heavy (non-hydrogen) atoms. The summed E-state index contributed by atoms with van der Waals surface area (Å²) < 4.78 is 11.2. The first kappa shape index (κ1) is 13.1. The monoisotopic (exact) mass is 326 g/mol. The highest BCUT2D eigenvalue weighted by Crippen LogP contribution is 2.29. The van der Waals surface area contributed by atoms with Crippen LogP contribution in [0.1, 0.15) is 15.2 Å². The van der Waals surface area contributed by atoms with Gasteiger partial charge in [-0.25, -0.2) is 0 Å². The summed E-state index contributed by atoms with van der Waals surface area (Å²) in [4.78, 5) is 13.0. The molecule has 0 N–H and O–H groups in total. The molecule has 1 aromatic heterocycles. The molecule has 2 aromatic rings. The average molecular weight is 327 g/mol. The summed E-state index contributed by atoms with van der Waals surface area (Å²) in [6.07, 6.45) is 0. The van der Waals surface area contributed by atoms with Crippen molar-refractivity contribution in [3.05, 3.63) is 44.6 Å². The summed E-state index contributed by atoms with van der Waals surface area (Å²) in [6, 6.07) is 6.97. The van der Waals surface area contributed by atoms with Crippen molar-refractivity contribution in [2.45, 2.75) is 0 Å². The molecule has 0 aliphatic rings. The minimum atomic E-state index is -0.0507. The number of ketones is 1. The fourth-order valence-electron chi connectivity index (χ4n) is 1.55. The van der Waals surface area contributed by atoms with Gasteiger partial charge < -0.3 is 9.47 Å². The number of methoxy groups -OCH3 is 2. The van der Waals surface area contributed by atoms with E-state index in [1.165, 1.54) is 18.4 Å². The van der Waals surface area contributed by atoms with Crippen LogP contribution < -0.4 is 9.47 Å². The van der Waals surface area contributed by atoms with Gasteiger partial charge in [-0.1, -0.05) is 0 Å². The fraction of sp³-hybridized carbons (Fsp3) is 0.154. The predicted octanol–water partition coefficient (Wildman–Crippen LogP) is 3.76. The maximum atomic E-state index is 12.3. The highest BCUT2D eigenvalue weighted by Gasteiger charge is 2.16. The SMILES string of the molecule is COc1ccc(C(=O)c2cc(Br)cs2)c(OC)c1. The van der Waals surface area contributed by atoms with E-state index in [1.807, 2.05) is 5.38 Å². The molecule has 2 rings (SSSR count). The third-order valence-electron chi connectivity index (χ3n) is 2.44. The molecule has 0 aliphatic carbocycles. The Kier molecular flexibility index (Phi) is 4.04. The number of carbonyl (C=O) groups excluding carboxylic acids is 1. The van der Waals surface area contributed by atoms with Crippen molar-refractivity contribution < 1.29 is 14.3 Å². The highest BCUT2D eigenvalue weighted by molar-refractivity contribution is 9.10. The Balaban J connectivity index is 2.41. The third-order valence-corrected chi connectivity index (χ3v) is 4.13. The van der Waals surface area contributed by atoms with Crippen LogP contribution in [0.4, 0.5) is 0 Å². The van der Waals surface area contributed by atoms with Crippen molar-refractivity contribution in [2.75, 3.05) is 14.2 Å². The zero-order valence-corrected chi connectivity index (χ0v) is 12.3. The van der Waals surface area contributed by atoms with E-state index in [-0.39, 0.29) is 5.78 Å². The van der Waals surface area contributed by atoms with Crippen LogP contribution in [0.2, 0.25) is 0 Å². The summed E-state index contributed by atoms with van der Waals surface area (Å²) in [5.74, 6) is 1.13. The van der Waals surface area contributed by atoms with E-state index in [0.717, 1.165) is 4.47 Å². The number of rotatable bonds is 4. The minimum absolute atomic E-state index is 0.0507. The highest BCUT2D eigenvalue weighted by atomic mass is 79.9. The Morgan fingerprint density at radius 3 is 2.56 bits per heavy atom. The van der Waals surface area contributed by atoms with E-state index in [9.17, 15) is 4.79 Å². The van der Waals surface area contributed by atoms with E-state index in [2.05, 4.69) is 15.9 Å². The van der Waals surface area contributed by atoms with Gasteiger partial charge in [-0.15, -0.1) is 11.3 Å². The summed E-state index contributed by atoms with van der Waals surface area (Å²) >= 11 is 4.74. The molecule has 1 aromatic carbocycles. The van der Waals surface area contributed by atoms with Crippen LogP contribution in [0, 0.1) is 0 Å². The number of halogens is 1. The van der Waals surface area contributed by atoms with Crippen LogP contribution in [0.25, 0.3) is 0 Å². The largest absolute Gasteiger partial charge is 0.497 e. The number of carbonyl (C=O) groups is 1. The van der Waals surface area contributed by atoms with Gasteiger partial charge in [0.2, 0.25) is 5.78 Å². The molecule has 0 saturated carbocycles. The van der Waals surface area contributed by atoms with E-state index >= 15 is 0 Å². The Hall–Kier alpha value is -1.33. The van der Waals surface area contributed by atoms with Gasteiger partial charge in [0.1, 0.15) is 11.5 Å². The van der Waals surface area contributed by atoms with Gasteiger partial charge in [0, 0.05) is 15.9 Å². The maximum absolute atomic E-state index is 12.3. The topological polar surface area (TPSA) is 35.5 Å². The molecule has 0 unspecified atom stereocenters. The third kappa shape index (κ3) is 2.57. The molecule has 0 spiro atoms. The number of thiophene rings is 1. The van der Waals surface area contributed by atoms with Crippen LogP contribution in [0.3, 0.4) is 0 Å². The van der Waals surface area contributed by atoms with Gasteiger partial charge in [-0.05, 0) is 34.1 Å². The molecule has 0 fully saturated rings. The molecular weight excluding hydrogens is 316 g/mol. The Labute approximate surface area is 117 Å². The van der Waals surface area contributed by atoms with Crippen LogP contribution in [-0.2, 0) is 0 Å². The van der Waals surface area contributed by atoms with E-state index in [0.29, 0.717) is 21.9 Å². The summed E-state index contributed by atoms with van der Waals surface area (Å²) in [7, 11) is 3.11. The molecule has 0 amide bonds. The molecule has 0 saturated heterocycles. The lowest BCUT2D eigenvalue weighted by molar-refractivity contribution is 0.103. The Morgan fingerprint density at radius 1 is 1.22 bits per heavy atom. The first-order valence-electron chi connectivity index (χ1n) is 5.16. The average Bonchev–Trinajstić information content (AvgIpc) is 2.83. The molecule has 0 bridgehead atoms. The molecule has 3 nitrogen and oxygen atoms in total. The second-order valence-corrected chi connectivity index (χ2v) is 5.35. The van der Waals surface area contributed by atoms with E-state index < -0.39 is 0 Å². The van der Waals surface area contributed by atoms with Gasteiger partial charge in [0.05, 0.1) is 24.7 Å². The number of ether oxygens (including phenoxy) is 2. The van der Waals surface area contributed by atoms with Crippen LogP contribution >= 0.6 is 27.3 Å². The van der Waals surface area contributed by atoms with Gasteiger partial charge in [-0.3, -0.25) is 4.79 Å². The first-order valence-corrected chi connectivity index (χ1v) is 6.83. The molecule has 5 heteroatoms. The summed E-state index contributed by atoms with van der Waals surface area (Å²) in [5.41, 5.74) is 0.535. The fourth-order valence-corrected chi connectivity index (χ4v) is 2.93. The second kappa shape index (κ2) is 5.54. The number of benzene rings is 1. The quantitative estimate of drug-likeness (QED) is 0.802. The molecule has 1 heterocycles. The second-order valence-electron chi connectivity index (χ2n) is 3.52. The summed E-state index contributed by atoms with van der Waals surface area (Å²) in [5, 5.41) is 1.88. The van der Waals surface area contributed by atoms with Crippen molar-refractivity contribution in [2.24, 2.45) is 0 Å². The van der Waals surface area contributed by atoms with Crippen molar-refractivity contribution in [3.63, 3.8) is 0 Å². The first-order chi connectivity index (χ1) is 8.65. The lowest BCUT2D eigenvalue weighted by atomic mass is 10.1. The smallest absolute Gasteiger partial charge is 0.206 e. The zero-order chi connectivity index (χ0) is 13.1. The van der Waals surface area contributed by atoms with Crippen molar-refractivity contribution in [1.29, 1.82) is 0 Å². The minimum Gasteiger partial charge on any atom is -0.497 e. The molecular formula is C13H11BrO3S. The van der Waals surface area contributed by atoms with Crippen molar-refractivity contribution >= 4 is 33.0 Å². The normalized spacial score (nSPS) is 10.2. The molecule has 94 valence electrons. The summed E-state index contributed by atoms with van der Waals surface area (Å²) in [6.45, 7) is 0. The van der Waals surface area contributed by atoms with Crippen molar-refractivity contribution in [1.82, 2.24) is 0 Å². The van der Waals surface area contributed by atoms with Gasteiger partial charge in [0.15, 0.2) is 0 Å². The van der Waals surface area contributed by atoms with Gasteiger partial charge >= 0.3 is 0 Å². The van der Waals surface area contributed by atoms with E-state index in [4.69, 9.17) is 9.47 Å². The van der Waals surface area contributed by atoms with Gasteiger partial charge in [0.25, 0.3) is 0 Å². The van der Waals surface area contributed by atoms with Crippen molar-refractivity contribution in [3.8, 4) is 11.5 Å². The Bertz CT molecular complexity index is 577. The van der Waals surface area contributed by atoms with Crippen LogP contribution in [0.5, 0.6) is 11.5 Å². The Morgan fingerprint density at radius 2 is 2.00 bits per heavy atom. The standard InChI is InChI=1S/C13H11BrO3S/c1-16-9-3-4-10(11(6-9)17-2)13(15)12-5-8(14)7-18-12/h3-7H,1-2H3. The van der Waals surface area contributed by atoms with Crippen LogP contribution in [-0.4, -0.2) is 20.0 Å². The molecule has 0 radical (unpaired) electrons. The lowest BCUT2D eigenvalue weighted by Gasteiger charge is -2.08. The maximum Gasteiger partial charge on any atom is 0.206 e.